The molecule has 4 aliphatic carbocycles. The minimum absolute atomic E-state index is 0.0756. The molecule has 0 bridgehead atoms. The fourth-order valence-corrected chi connectivity index (χ4v) is 7.35. The summed E-state index contributed by atoms with van der Waals surface area (Å²) in [5.41, 5.74) is 1.37. The molecule has 0 radical (unpaired) electrons. The van der Waals surface area contributed by atoms with E-state index in [-0.39, 0.29) is 22.0 Å². The minimum atomic E-state index is -0.435. The maximum absolute atomic E-state index is 12.5. The van der Waals surface area contributed by atoms with Gasteiger partial charge < -0.3 is 14.2 Å². The number of ether oxygens (including phenoxy) is 3. The number of carbonyl (C=O) groups excluding carboxylic acids is 1. The predicted octanol–water partition coefficient (Wildman–Crippen LogP) is 4.17. The molecule has 3 saturated carbocycles. The number of hydrogen-bond donors (Lipinski definition) is 0. The molecule has 6 aliphatic rings. The largest absolute Gasteiger partial charge is 0.358 e. The molecular weight excluding hydrogens is 340 g/mol. The van der Waals surface area contributed by atoms with Gasteiger partial charge in [-0.25, -0.2) is 0 Å². The Hall–Kier alpha value is -0.710. The molecule has 5 atom stereocenters. The van der Waals surface area contributed by atoms with Crippen molar-refractivity contribution in [3.05, 3.63) is 11.6 Å². The van der Waals surface area contributed by atoms with E-state index in [1.165, 1.54) is 5.57 Å². The van der Waals surface area contributed by atoms with Crippen LogP contribution < -0.4 is 0 Å². The van der Waals surface area contributed by atoms with Gasteiger partial charge in [0.15, 0.2) is 5.79 Å². The summed E-state index contributed by atoms with van der Waals surface area (Å²) in [6.45, 7) is 8.16. The number of carbonyl (C=O) groups is 1. The van der Waals surface area contributed by atoms with E-state index in [2.05, 4.69) is 26.8 Å². The summed E-state index contributed by atoms with van der Waals surface area (Å²) in [5, 5.41) is 0. The van der Waals surface area contributed by atoms with Gasteiger partial charge in [-0.3, -0.25) is 4.79 Å². The van der Waals surface area contributed by atoms with Crippen molar-refractivity contribution in [1.29, 1.82) is 0 Å². The highest BCUT2D eigenvalue weighted by atomic mass is 16.7. The molecule has 0 aromatic rings. The summed E-state index contributed by atoms with van der Waals surface area (Å²) < 4.78 is 19.3. The van der Waals surface area contributed by atoms with E-state index < -0.39 is 5.79 Å². The lowest BCUT2D eigenvalue weighted by Gasteiger charge is -2.51. The van der Waals surface area contributed by atoms with Gasteiger partial charge in [0.1, 0.15) is 17.0 Å². The molecule has 2 heterocycles. The van der Waals surface area contributed by atoms with Gasteiger partial charge in [-0.05, 0) is 49.5 Å². The van der Waals surface area contributed by atoms with Crippen molar-refractivity contribution < 1.29 is 19.0 Å². The number of rotatable bonds is 0. The van der Waals surface area contributed by atoms with Crippen LogP contribution in [0.3, 0.4) is 0 Å². The van der Waals surface area contributed by atoms with Crippen LogP contribution in [-0.2, 0) is 19.0 Å². The van der Waals surface area contributed by atoms with Gasteiger partial charge in [0, 0.05) is 30.1 Å². The SMILES string of the molecule is CC1(C)COC2(CC[C@]34O[C@@]3(CC[C@@H]3C4=CC[C@]4(C)C(=O)CC[C@@H]34)C2)OC1. The molecule has 5 fully saturated rings. The highest BCUT2D eigenvalue weighted by molar-refractivity contribution is 5.87. The number of allylic oxidation sites excluding steroid dienone is 1. The standard InChI is InChI=1S/C23H32O4/c1-19(2)13-25-22(26-14-19)10-11-23-17-7-8-20(3)16(4-5-18(20)24)15(17)6-9-21(23,12-22)27-23/h7,15-16H,4-6,8-14H2,1-3H3/t15-,16-,20-,21-,23+/m0/s1. The Kier molecular flexibility index (Phi) is 3.10. The Balaban J connectivity index is 1.29. The zero-order valence-corrected chi connectivity index (χ0v) is 16.9. The first-order chi connectivity index (χ1) is 12.7. The third-order valence-electron chi connectivity index (χ3n) is 9.02. The second kappa shape index (κ2) is 4.88. The van der Waals surface area contributed by atoms with Gasteiger partial charge >= 0.3 is 0 Å². The first-order valence-electron chi connectivity index (χ1n) is 11.0. The lowest BCUT2D eigenvalue weighted by atomic mass is 9.54. The van der Waals surface area contributed by atoms with Crippen molar-refractivity contribution >= 4 is 5.78 Å². The molecule has 0 unspecified atom stereocenters. The van der Waals surface area contributed by atoms with Crippen LogP contribution in [0.4, 0.5) is 0 Å². The van der Waals surface area contributed by atoms with E-state index in [0.29, 0.717) is 17.6 Å². The maximum Gasteiger partial charge on any atom is 0.171 e. The molecule has 0 aromatic carbocycles. The number of fused-ring (bicyclic) bond motifs is 3. The summed E-state index contributed by atoms with van der Waals surface area (Å²) in [6, 6.07) is 0. The van der Waals surface area contributed by atoms with E-state index in [4.69, 9.17) is 14.2 Å². The van der Waals surface area contributed by atoms with Crippen LogP contribution in [0.15, 0.2) is 11.6 Å². The number of epoxide rings is 1. The van der Waals surface area contributed by atoms with Crippen LogP contribution in [0.2, 0.25) is 0 Å². The van der Waals surface area contributed by atoms with Gasteiger partial charge in [0.05, 0.1) is 13.2 Å². The van der Waals surface area contributed by atoms with Crippen molar-refractivity contribution in [3.63, 3.8) is 0 Å². The van der Waals surface area contributed by atoms with Crippen LogP contribution in [0, 0.1) is 22.7 Å². The summed E-state index contributed by atoms with van der Waals surface area (Å²) in [6.07, 6.45) is 10.2. The van der Waals surface area contributed by atoms with Gasteiger partial charge in [0.2, 0.25) is 0 Å². The maximum atomic E-state index is 12.5. The zero-order valence-electron chi connectivity index (χ0n) is 16.9. The van der Waals surface area contributed by atoms with Crippen molar-refractivity contribution in [2.45, 2.75) is 89.1 Å². The number of Topliss-reactive ketones (excluding diaryl/α,β-unsaturated/α-hetero) is 1. The van der Waals surface area contributed by atoms with Crippen molar-refractivity contribution in [1.82, 2.24) is 0 Å². The second-order valence-corrected chi connectivity index (χ2v) is 11.2. The first kappa shape index (κ1) is 17.2. The average Bonchev–Trinajstić information content (AvgIpc) is 3.23. The van der Waals surface area contributed by atoms with E-state index in [1.807, 2.05) is 0 Å². The highest BCUT2D eigenvalue weighted by Gasteiger charge is 2.79. The molecule has 6 rings (SSSR count). The van der Waals surface area contributed by atoms with E-state index in [1.54, 1.807) is 0 Å². The minimum Gasteiger partial charge on any atom is -0.358 e. The molecule has 2 saturated heterocycles. The van der Waals surface area contributed by atoms with E-state index in [0.717, 1.165) is 64.6 Å². The average molecular weight is 373 g/mol. The summed E-state index contributed by atoms with van der Waals surface area (Å²) in [5.74, 6) is 1.13. The van der Waals surface area contributed by atoms with Crippen LogP contribution >= 0.6 is 0 Å². The fourth-order valence-electron chi connectivity index (χ4n) is 7.35. The van der Waals surface area contributed by atoms with Crippen LogP contribution in [0.1, 0.15) is 72.1 Å². The molecular formula is C23H32O4. The normalized spacial score (nSPS) is 51.7. The van der Waals surface area contributed by atoms with Crippen molar-refractivity contribution in [2.24, 2.45) is 22.7 Å². The van der Waals surface area contributed by atoms with E-state index in [9.17, 15) is 4.79 Å². The van der Waals surface area contributed by atoms with E-state index >= 15 is 0 Å². The molecule has 148 valence electrons. The highest BCUT2D eigenvalue weighted by Crippen LogP contribution is 2.73. The zero-order chi connectivity index (χ0) is 18.7. The second-order valence-electron chi connectivity index (χ2n) is 11.2. The molecule has 2 aliphatic heterocycles. The molecule has 1 spiro atoms. The van der Waals surface area contributed by atoms with Crippen LogP contribution in [0.5, 0.6) is 0 Å². The Morgan fingerprint density at radius 3 is 2.59 bits per heavy atom. The fraction of sp³-hybridized carbons (Fsp3) is 0.870. The van der Waals surface area contributed by atoms with Gasteiger partial charge in [-0.2, -0.15) is 0 Å². The third-order valence-corrected chi connectivity index (χ3v) is 9.02. The molecule has 4 heteroatoms. The Morgan fingerprint density at radius 1 is 1.04 bits per heavy atom. The molecule has 0 aromatic heterocycles. The van der Waals surface area contributed by atoms with Gasteiger partial charge in [-0.1, -0.05) is 26.8 Å². The Labute approximate surface area is 162 Å². The molecule has 4 nitrogen and oxygen atoms in total. The summed E-state index contributed by atoms with van der Waals surface area (Å²) in [4.78, 5) is 12.5. The first-order valence-corrected chi connectivity index (χ1v) is 11.0. The van der Waals surface area contributed by atoms with Crippen molar-refractivity contribution in [2.75, 3.05) is 13.2 Å². The van der Waals surface area contributed by atoms with Crippen LogP contribution in [0.25, 0.3) is 0 Å². The quantitative estimate of drug-likeness (QED) is 0.473. The number of hydrogen-bond acceptors (Lipinski definition) is 4. The monoisotopic (exact) mass is 372 g/mol. The van der Waals surface area contributed by atoms with Gasteiger partial charge in [-0.15, -0.1) is 0 Å². The third kappa shape index (κ3) is 2.03. The van der Waals surface area contributed by atoms with Crippen LogP contribution in [-0.4, -0.2) is 36.0 Å². The topological polar surface area (TPSA) is 48.1 Å². The lowest BCUT2D eigenvalue weighted by molar-refractivity contribution is -0.313. The molecule has 0 amide bonds. The lowest BCUT2D eigenvalue weighted by Crippen LogP contribution is -2.56. The molecule has 0 N–H and O–H groups in total. The number of ketones is 1. The smallest absolute Gasteiger partial charge is 0.171 e. The summed E-state index contributed by atoms with van der Waals surface area (Å²) in [7, 11) is 0. The molecule has 27 heavy (non-hydrogen) atoms. The Bertz CT molecular complexity index is 743. The predicted molar refractivity (Wildman–Crippen MR) is 100 cm³/mol. The van der Waals surface area contributed by atoms with Crippen molar-refractivity contribution in [3.8, 4) is 0 Å². The summed E-state index contributed by atoms with van der Waals surface area (Å²) >= 11 is 0. The van der Waals surface area contributed by atoms with Gasteiger partial charge in [0.25, 0.3) is 0 Å². The Morgan fingerprint density at radius 2 is 1.81 bits per heavy atom.